The first kappa shape index (κ1) is 15.6. The van der Waals surface area contributed by atoms with E-state index in [0.717, 1.165) is 0 Å². The normalized spacial score (nSPS) is 12.8. The van der Waals surface area contributed by atoms with Gasteiger partial charge in [0, 0.05) is 0 Å². The molecule has 92 valence electrons. The van der Waals surface area contributed by atoms with E-state index in [9.17, 15) is 18.4 Å². The van der Waals surface area contributed by atoms with Gasteiger partial charge in [0.1, 0.15) is 5.57 Å². The number of carbonyl (C=O) groups excluding carboxylic acids is 2. The zero-order valence-corrected chi connectivity index (χ0v) is 10.2. The van der Waals surface area contributed by atoms with Crippen LogP contribution in [0.4, 0.5) is 8.78 Å². The summed E-state index contributed by atoms with van der Waals surface area (Å²) in [7, 11) is 0. The molecule has 0 saturated heterocycles. The van der Waals surface area contributed by atoms with Crippen LogP contribution in [-0.2, 0) is 14.3 Å². The maximum Gasteiger partial charge on any atom is 0.300 e. The van der Waals surface area contributed by atoms with Crippen molar-refractivity contribution in [2.24, 2.45) is 0 Å². The third-order valence-corrected chi connectivity index (χ3v) is 1.85. The van der Waals surface area contributed by atoms with E-state index in [1.54, 1.807) is 0 Å². The van der Waals surface area contributed by atoms with Crippen LogP contribution in [0.25, 0.3) is 0 Å². The van der Waals surface area contributed by atoms with Crippen molar-refractivity contribution < 1.29 is 23.1 Å². The molecule has 0 aliphatic carbocycles. The molecular weight excluding hydrogens is 288 g/mol. The monoisotopic (exact) mass is 294 g/mol. The number of allylic oxidation sites excluding steroid dienone is 1. The second-order valence-corrected chi connectivity index (χ2v) is 4.76. The molecule has 0 aromatic rings. The van der Waals surface area contributed by atoms with Gasteiger partial charge in [0.15, 0.2) is 0 Å². The Bertz CT molecular complexity index is 310. The minimum Gasteiger partial charge on any atom is -0.501 e. The fourth-order valence-electron chi connectivity index (χ4n) is 0.660. The molecule has 0 radical (unpaired) electrons. The summed E-state index contributed by atoms with van der Waals surface area (Å²) < 4.78 is 26.3. The van der Waals surface area contributed by atoms with E-state index in [1.165, 1.54) is 6.92 Å². The third-order valence-electron chi connectivity index (χ3n) is 1.33. The van der Waals surface area contributed by atoms with Gasteiger partial charge in [0.2, 0.25) is 11.6 Å². The van der Waals surface area contributed by atoms with Gasteiger partial charge in [-0.2, -0.15) is 0 Å². The topological polar surface area (TPSA) is 43.4 Å². The fraction of sp³-hybridized carbons (Fsp3) is 0.500. The van der Waals surface area contributed by atoms with E-state index in [1.807, 2.05) is 0 Å². The van der Waals surface area contributed by atoms with Crippen molar-refractivity contribution in [1.82, 2.24) is 0 Å². The molecule has 0 atom stereocenters. The van der Waals surface area contributed by atoms with Gasteiger partial charge in [-0.15, -0.1) is 0 Å². The van der Waals surface area contributed by atoms with Gasteiger partial charge in [-0.25, -0.2) is 8.78 Å². The molecule has 0 spiro atoms. The van der Waals surface area contributed by atoms with Gasteiger partial charge < -0.3 is 4.74 Å². The summed E-state index contributed by atoms with van der Waals surface area (Å²) in [6, 6.07) is 0. The van der Waals surface area contributed by atoms with Gasteiger partial charge in [-0.1, -0.05) is 34.8 Å². The standard InChI is InChI=1S/C8H7Cl3F2O3/c1-2-16-3-4(5(14)7(12)13)6(15)8(9,10)11/h3,7H,2H2,1H3. The molecule has 8 heteroatoms. The van der Waals surface area contributed by atoms with Gasteiger partial charge in [0.05, 0.1) is 12.9 Å². The number of carbonyl (C=O) groups is 2. The van der Waals surface area contributed by atoms with Crippen LogP contribution in [0.5, 0.6) is 0 Å². The smallest absolute Gasteiger partial charge is 0.300 e. The van der Waals surface area contributed by atoms with Gasteiger partial charge in [0.25, 0.3) is 3.79 Å². The molecule has 0 rings (SSSR count). The lowest BCUT2D eigenvalue weighted by molar-refractivity contribution is -0.128. The highest BCUT2D eigenvalue weighted by molar-refractivity contribution is 6.78. The largest absolute Gasteiger partial charge is 0.501 e. The van der Waals surface area contributed by atoms with Crippen molar-refractivity contribution >= 4 is 46.4 Å². The number of hydrogen-bond acceptors (Lipinski definition) is 3. The van der Waals surface area contributed by atoms with Gasteiger partial charge in [-0.05, 0) is 6.92 Å². The molecule has 0 saturated carbocycles. The Balaban J connectivity index is 5.12. The second kappa shape index (κ2) is 6.37. The number of ether oxygens (including phenoxy) is 1. The lowest BCUT2D eigenvalue weighted by atomic mass is 10.1. The zero-order chi connectivity index (χ0) is 12.9. The molecule has 0 aliphatic heterocycles. The van der Waals surface area contributed by atoms with Crippen LogP contribution < -0.4 is 0 Å². The molecule has 0 unspecified atom stereocenters. The first-order valence-electron chi connectivity index (χ1n) is 3.97. The second-order valence-electron chi connectivity index (χ2n) is 2.48. The van der Waals surface area contributed by atoms with Crippen LogP contribution in [0.2, 0.25) is 0 Å². The lowest BCUT2D eigenvalue weighted by Crippen LogP contribution is -2.28. The Labute approximate surface area is 105 Å². The Hall–Kier alpha value is -0.390. The number of ketones is 2. The number of rotatable bonds is 5. The molecule has 16 heavy (non-hydrogen) atoms. The number of hydrogen-bond donors (Lipinski definition) is 0. The molecule has 0 heterocycles. The summed E-state index contributed by atoms with van der Waals surface area (Å²) in [4.78, 5) is 22.3. The Morgan fingerprint density at radius 3 is 2.19 bits per heavy atom. The molecule has 0 amide bonds. The van der Waals surface area contributed by atoms with Crippen molar-refractivity contribution in [2.75, 3.05) is 6.61 Å². The van der Waals surface area contributed by atoms with E-state index in [4.69, 9.17) is 34.8 Å². The number of halogens is 5. The highest BCUT2D eigenvalue weighted by atomic mass is 35.6. The minimum absolute atomic E-state index is 0.0765. The van der Waals surface area contributed by atoms with Crippen molar-refractivity contribution in [3.8, 4) is 0 Å². The molecule has 0 bridgehead atoms. The average Bonchev–Trinajstić information content (AvgIpc) is 2.16. The maximum atomic E-state index is 12.1. The van der Waals surface area contributed by atoms with Crippen LogP contribution >= 0.6 is 34.8 Å². The Morgan fingerprint density at radius 1 is 1.38 bits per heavy atom. The molecule has 3 nitrogen and oxygen atoms in total. The molecule has 0 aliphatic rings. The highest BCUT2D eigenvalue weighted by Crippen LogP contribution is 2.31. The van der Waals surface area contributed by atoms with Crippen LogP contribution in [0, 0.1) is 0 Å². The fourth-order valence-corrected chi connectivity index (χ4v) is 0.966. The summed E-state index contributed by atoms with van der Waals surface area (Å²) in [5, 5.41) is 0. The van der Waals surface area contributed by atoms with Crippen molar-refractivity contribution in [3.05, 3.63) is 11.8 Å². The quantitative estimate of drug-likeness (QED) is 0.257. The third kappa shape index (κ3) is 4.63. The van der Waals surface area contributed by atoms with Crippen molar-refractivity contribution in [1.29, 1.82) is 0 Å². The lowest BCUT2D eigenvalue weighted by Gasteiger charge is -2.11. The molecule has 0 fully saturated rings. The van der Waals surface area contributed by atoms with E-state index < -0.39 is 27.4 Å². The van der Waals surface area contributed by atoms with Crippen LogP contribution in [0.1, 0.15) is 6.92 Å². The van der Waals surface area contributed by atoms with E-state index in [2.05, 4.69) is 4.74 Å². The number of alkyl halides is 5. The zero-order valence-electron chi connectivity index (χ0n) is 7.98. The first-order chi connectivity index (χ1) is 7.21. The molecule has 0 aromatic heterocycles. The molecule has 0 N–H and O–H groups in total. The van der Waals surface area contributed by atoms with Crippen molar-refractivity contribution in [2.45, 2.75) is 17.1 Å². The van der Waals surface area contributed by atoms with Gasteiger partial charge >= 0.3 is 6.43 Å². The summed E-state index contributed by atoms with van der Waals surface area (Å²) in [5.74, 6) is -3.10. The van der Waals surface area contributed by atoms with Crippen LogP contribution in [0.3, 0.4) is 0 Å². The summed E-state index contributed by atoms with van der Waals surface area (Å²) in [5.41, 5.74) is -0.975. The highest BCUT2D eigenvalue weighted by Gasteiger charge is 2.39. The summed E-state index contributed by atoms with van der Waals surface area (Å²) in [6.07, 6.45) is -2.80. The van der Waals surface area contributed by atoms with E-state index in [0.29, 0.717) is 6.26 Å². The van der Waals surface area contributed by atoms with Crippen molar-refractivity contribution in [3.63, 3.8) is 0 Å². The van der Waals surface area contributed by atoms with Crippen LogP contribution in [0.15, 0.2) is 11.8 Å². The predicted octanol–water partition coefficient (Wildman–Crippen LogP) is 2.68. The Kier molecular flexibility index (Phi) is 6.22. The summed E-state index contributed by atoms with van der Waals surface area (Å²) in [6.45, 7) is 1.61. The van der Waals surface area contributed by atoms with Crippen LogP contribution in [-0.4, -0.2) is 28.4 Å². The predicted molar refractivity (Wildman–Crippen MR) is 56.0 cm³/mol. The first-order valence-corrected chi connectivity index (χ1v) is 5.10. The molecular formula is C8H7Cl3F2O3. The summed E-state index contributed by atoms with van der Waals surface area (Å²) >= 11 is 15.6. The SMILES string of the molecule is CCOC=C(C(=O)C(F)F)C(=O)C(Cl)(Cl)Cl. The van der Waals surface area contributed by atoms with E-state index >= 15 is 0 Å². The van der Waals surface area contributed by atoms with E-state index in [-0.39, 0.29) is 6.61 Å². The number of Topliss-reactive ketones (excluding diaryl/α,β-unsaturated/α-hetero) is 2. The molecule has 0 aromatic carbocycles. The van der Waals surface area contributed by atoms with Gasteiger partial charge in [-0.3, -0.25) is 9.59 Å². The minimum atomic E-state index is -3.37. The Morgan fingerprint density at radius 2 is 1.88 bits per heavy atom. The maximum absolute atomic E-state index is 12.1. The average molecular weight is 295 g/mol.